The molecule has 0 bridgehead atoms. The Labute approximate surface area is 81.3 Å². The molecular weight excluding hydrogens is 178 g/mol. The molecule has 5 nitrogen and oxygen atoms in total. The van der Waals surface area contributed by atoms with Gasteiger partial charge in [0.1, 0.15) is 11.9 Å². The summed E-state index contributed by atoms with van der Waals surface area (Å²) in [5.41, 5.74) is 0. The number of rotatable bonds is 2. The zero-order valence-corrected chi connectivity index (χ0v) is 7.75. The molecule has 5 heteroatoms. The van der Waals surface area contributed by atoms with Crippen LogP contribution in [0.15, 0.2) is 24.8 Å². The molecule has 2 rings (SSSR count). The Morgan fingerprint density at radius 3 is 2.79 bits per heavy atom. The molecule has 0 saturated carbocycles. The molecule has 0 aliphatic heterocycles. The van der Waals surface area contributed by atoms with Gasteiger partial charge in [-0.25, -0.2) is 9.97 Å². The first kappa shape index (κ1) is 8.51. The van der Waals surface area contributed by atoms with Gasteiger partial charge in [0, 0.05) is 31.8 Å². The Bertz CT molecular complexity index is 473. The van der Waals surface area contributed by atoms with Crippen LogP contribution < -0.4 is 0 Å². The van der Waals surface area contributed by atoms with E-state index in [-0.39, 0.29) is 0 Å². The van der Waals surface area contributed by atoms with Gasteiger partial charge in [-0.05, 0) is 0 Å². The number of aryl methyl sites for hydroxylation is 1. The maximum absolute atomic E-state index is 8.74. The van der Waals surface area contributed by atoms with E-state index < -0.39 is 0 Å². The summed E-state index contributed by atoms with van der Waals surface area (Å²) < 4.78 is 3.68. The highest BCUT2D eigenvalue weighted by Gasteiger charge is 2.04. The fourth-order valence-corrected chi connectivity index (χ4v) is 1.25. The summed E-state index contributed by atoms with van der Waals surface area (Å²) in [6, 6.07) is 2.02. The third-order valence-corrected chi connectivity index (χ3v) is 2.05. The fraction of sp³-hybridized carbons (Fsp3) is 0.222. The third kappa shape index (κ3) is 1.38. The zero-order valence-electron chi connectivity index (χ0n) is 7.75. The number of aromatic nitrogens is 4. The normalized spacial score (nSPS) is 10.0. The van der Waals surface area contributed by atoms with Crippen molar-refractivity contribution in [3.05, 3.63) is 36.4 Å². The van der Waals surface area contributed by atoms with E-state index in [1.54, 1.807) is 23.2 Å². The molecule has 0 spiro atoms. The summed E-state index contributed by atoms with van der Waals surface area (Å²) in [4.78, 5) is 8.08. The van der Waals surface area contributed by atoms with Gasteiger partial charge in [0.15, 0.2) is 0 Å². The highest BCUT2D eigenvalue weighted by Crippen LogP contribution is 2.01. The van der Waals surface area contributed by atoms with Crippen LogP contribution in [-0.4, -0.2) is 19.1 Å². The van der Waals surface area contributed by atoms with Gasteiger partial charge in [-0.15, -0.1) is 0 Å². The minimum atomic E-state index is 0.410. The van der Waals surface area contributed by atoms with Gasteiger partial charge in [0.2, 0.25) is 5.82 Å². The fourth-order valence-electron chi connectivity index (χ4n) is 1.25. The topological polar surface area (TPSA) is 59.4 Å². The first-order valence-electron chi connectivity index (χ1n) is 4.18. The van der Waals surface area contributed by atoms with Crippen LogP contribution in [0, 0.1) is 11.3 Å². The first-order valence-corrected chi connectivity index (χ1v) is 4.18. The van der Waals surface area contributed by atoms with Crippen molar-refractivity contribution in [2.75, 3.05) is 0 Å². The molecular formula is C9H9N5. The summed E-state index contributed by atoms with van der Waals surface area (Å²) in [7, 11) is 1.92. The average molecular weight is 187 g/mol. The Balaban J connectivity index is 2.28. The van der Waals surface area contributed by atoms with E-state index in [1.807, 2.05) is 23.9 Å². The number of nitriles is 1. The first-order chi connectivity index (χ1) is 6.81. The molecule has 0 aliphatic rings. The number of hydrogen-bond acceptors (Lipinski definition) is 3. The molecule has 70 valence electrons. The molecule has 0 aliphatic carbocycles. The van der Waals surface area contributed by atoms with Crippen LogP contribution in [0.4, 0.5) is 0 Å². The third-order valence-electron chi connectivity index (χ3n) is 2.05. The second kappa shape index (κ2) is 3.34. The van der Waals surface area contributed by atoms with Crippen molar-refractivity contribution in [2.45, 2.75) is 6.54 Å². The Kier molecular flexibility index (Phi) is 2.03. The standard InChI is InChI=1S/C9H9N5/c1-13-4-2-12-9(13)7-14-5-3-11-8(14)6-10/h2-5H,7H2,1H3. The minimum Gasteiger partial charge on any atom is -0.337 e. The summed E-state index contributed by atoms with van der Waals surface area (Å²) >= 11 is 0. The molecule has 0 radical (unpaired) electrons. The van der Waals surface area contributed by atoms with E-state index in [0.717, 1.165) is 5.82 Å². The second-order valence-corrected chi connectivity index (χ2v) is 2.94. The largest absolute Gasteiger partial charge is 0.337 e. The van der Waals surface area contributed by atoms with Crippen LogP contribution >= 0.6 is 0 Å². The lowest BCUT2D eigenvalue weighted by Crippen LogP contribution is -2.06. The minimum absolute atomic E-state index is 0.410. The molecule has 0 unspecified atom stereocenters. The quantitative estimate of drug-likeness (QED) is 0.689. The molecule has 0 aromatic carbocycles. The summed E-state index contributed by atoms with van der Waals surface area (Å²) in [6.45, 7) is 0.576. The highest BCUT2D eigenvalue weighted by atomic mass is 15.1. The number of hydrogen-bond donors (Lipinski definition) is 0. The van der Waals surface area contributed by atoms with Gasteiger partial charge in [-0.3, -0.25) is 0 Å². The van der Waals surface area contributed by atoms with Crippen LogP contribution in [0.25, 0.3) is 0 Å². The molecule has 2 heterocycles. The lowest BCUT2D eigenvalue weighted by atomic mass is 10.5. The van der Waals surface area contributed by atoms with E-state index in [0.29, 0.717) is 12.4 Å². The molecule has 0 N–H and O–H groups in total. The van der Waals surface area contributed by atoms with Gasteiger partial charge in [-0.2, -0.15) is 5.26 Å². The van der Waals surface area contributed by atoms with Crippen LogP contribution in [0.5, 0.6) is 0 Å². The van der Waals surface area contributed by atoms with Gasteiger partial charge < -0.3 is 9.13 Å². The van der Waals surface area contributed by atoms with E-state index in [2.05, 4.69) is 9.97 Å². The van der Waals surface area contributed by atoms with Crippen molar-refractivity contribution < 1.29 is 0 Å². The molecule has 0 fully saturated rings. The molecule has 0 saturated heterocycles. The van der Waals surface area contributed by atoms with E-state index in [4.69, 9.17) is 5.26 Å². The molecule has 2 aromatic heterocycles. The highest BCUT2D eigenvalue weighted by molar-refractivity contribution is 5.12. The lowest BCUT2D eigenvalue weighted by molar-refractivity contribution is 0.692. The van der Waals surface area contributed by atoms with Gasteiger partial charge >= 0.3 is 0 Å². The maximum atomic E-state index is 8.74. The van der Waals surface area contributed by atoms with Gasteiger partial charge in [0.05, 0.1) is 6.54 Å². The predicted octanol–water partition coefficient (Wildman–Crippen LogP) is 0.537. The summed E-state index contributed by atoms with van der Waals surface area (Å²) in [5, 5.41) is 8.74. The van der Waals surface area contributed by atoms with Crippen LogP contribution in [0.2, 0.25) is 0 Å². The Hall–Kier alpha value is -2.09. The van der Waals surface area contributed by atoms with Crippen LogP contribution in [0.3, 0.4) is 0 Å². The van der Waals surface area contributed by atoms with E-state index in [1.165, 1.54) is 0 Å². The Morgan fingerprint density at radius 2 is 2.14 bits per heavy atom. The van der Waals surface area contributed by atoms with Gasteiger partial charge in [0.25, 0.3) is 0 Å². The smallest absolute Gasteiger partial charge is 0.213 e. The van der Waals surface area contributed by atoms with Crippen molar-refractivity contribution in [1.29, 1.82) is 5.26 Å². The van der Waals surface area contributed by atoms with Crippen LogP contribution in [-0.2, 0) is 13.6 Å². The SMILES string of the molecule is Cn1ccnc1Cn1ccnc1C#N. The number of nitrogens with zero attached hydrogens (tertiary/aromatic N) is 5. The monoisotopic (exact) mass is 187 g/mol. The van der Waals surface area contributed by atoms with Crippen molar-refractivity contribution in [3.8, 4) is 6.07 Å². The van der Waals surface area contributed by atoms with Crippen LogP contribution in [0.1, 0.15) is 11.6 Å². The molecule has 0 atom stereocenters. The van der Waals surface area contributed by atoms with Crippen molar-refractivity contribution >= 4 is 0 Å². The number of imidazole rings is 2. The maximum Gasteiger partial charge on any atom is 0.213 e. The van der Waals surface area contributed by atoms with Crippen molar-refractivity contribution in [2.24, 2.45) is 7.05 Å². The van der Waals surface area contributed by atoms with Crippen molar-refractivity contribution in [1.82, 2.24) is 19.1 Å². The average Bonchev–Trinajstić information content (AvgIpc) is 2.77. The predicted molar refractivity (Wildman–Crippen MR) is 49.3 cm³/mol. The zero-order chi connectivity index (χ0) is 9.97. The lowest BCUT2D eigenvalue weighted by Gasteiger charge is -2.03. The van der Waals surface area contributed by atoms with Crippen molar-refractivity contribution in [3.63, 3.8) is 0 Å². The van der Waals surface area contributed by atoms with E-state index >= 15 is 0 Å². The Morgan fingerprint density at radius 1 is 1.36 bits per heavy atom. The molecule has 2 aromatic rings. The summed E-state index contributed by atoms with van der Waals surface area (Å²) in [5.74, 6) is 1.31. The van der Waals surface area contributed by atoms with Gasteiger partial charge in [-0.1, -0.05) is 0 Å². The van der Waals surface area contributed by atoms with E-state index in [9.17, 15) is 0 Å². The molecule has 14 heavy (non-hydrogen) atoms. The molecule has 0 amide bonds. The summed E-state index contributed by atoms with van der Waals surface area (Å²) in [6.07, 6.45) is 6.99. The second-order valence-electron chi connectivity index (χ2n) is 2.94.